The molecule has 0 bridgehead atoms. The number of rotatable bonds is 10. The van der Waals surface area contributed by atoms with E-state index in [1.54, 1.807) is 18.2 Å². The van der Waals surface area contributed by atoms with Crippen LogP contribution in [0.25, 0.3) is 5.70 Å². The summed E-state index contributed by atoms with van der Waals surface area (Å²) in [5.74, 6) is 0.574. The van der Waals surface area contributed by atoms with Crippen LogP contribution in [0.1, 0.15) is 42.6 Å². The highest BCUT2D eigenvalue weighted by molar-refractivity contribution is 6.39. The fraction of sp³-hybridized carbons (Fsp3) is 0.259. The van der Waals surface area contributed by atoms with E-state index < -0.39 is 11.5 Å². The summed E-state index contributed by atoms with van der Waals surface area (Å²) >= 11 is 12.3. The molecule has 1 unspecified atom stereocenters. The minimum atomic E-state index is -0.734. The molecule has 1 atom stereocenters. The number of hydrogen-bond acceptors (Lipinski definition) is 6. The first kappa shape index (κ1) is 25.8. The number of aromatic nitrogens is 1. The van der Waals surface area contributed by atoms with E-state index in [2.05, 4.69) is 22.7 Å². The van der Waals surface area contributed by atoms with Crippen LogP contribution in [0.3, 0.4) is 0 Å². The Balaban J connectivity index is 1.53. The lowest BCUT2D eigenvalue weighted by Gasteiger charge is -2.22. The van der Waals surface area contributed by atoms with Gasteiger partial charge in [-0.15, -0.1) is 0 Å². The van der Waals surface area contributed by atoms with Gasteiger partial charge in [-0.2, -0.15) is 0 Å². The third-order valence-electron chi connectivity index (χ3n) is 5.50. The highest BCUT2D eigenvalue weighted by Crippen LogP contribution is 2.33. The van der Waals surface area contributed by atoms with Crippen molar-refractivity contribution >= 4 is 40.5 Å². The third kappa shape index (κ3) is 6.29. The largest absolute Gasteiger partial charge is 0.490 e. The first-order valence-corrected chi connectivity index (χ1v) is 12.4. The monoisotopic (exact) mass is 527 g/mol. The van der Waals surface area contributed by atoms with E-state index in [1.165, 1.54) is 12.4 Å². The van der Waals surface area contributed by atoms with Crippen molar-refractivity contribution in [1.82, 2.24) is 10.5 Å². The molecule has 0 radical (unpaired) electrons. The zero-order valence-corrected chi connectivity index (χ0v) is 21.5. The number of halogens is 2. The van der Waals surface area contributed by atoms with Gasteiger partial charge in [0.05, 0.1) is 28.0 Å². The molecule has 0 spiro atoms. The number of pyridine rings is 1. The summed E-state index contributed by atoms with van der Waals surface area (Å²) in [6.07, 6.45) is 6.69. The normalized spacial score (nSPS) is 16.7. The van der Waals surface area contributed by atoms with Crippen molar-refractivity contribution in [3.05, 3.63) is 88.2 Å². The van der Waals surface area contributed by atoms with E-state index in [-0.39, 0.29) is 16.7 Å². The number of anilines is 1. The Morgan fingerprint density at radius 1 is 1.08 bits per heavy atom. The minimum Gasteiger partial charge on any atom is -0.490 e. The summed E-state index contributed by atoms with van der Waals surface area (Å²) in [6.45, 7) is 4.73. The standard InChI is InChI=1S/C27H27Cl2N3O4/c1-3-4-12-34-23-11-10-19(26(33)31-25-20(28)15-30-16-21(25)29)13-24(23)35-17-27(2)14-22(32-36-27)18-8-6-5-7-9-18/h5-11,13-16,32H,3-4,12,17H2,1-2H3,(H,30,31,33). The van der Waals surface area contributed by atoms with Crippen molar-refractivity contribution in [2.45, 2.75) is 32.3 Å². The number of nitrogens with zero attached hydrogens (tertiary/aromatic N) is 1. The molecule has 7 nitrogen and oxygen atoms in total. The number of hydroxylamine groups is 1. The number of hydrogen-bond donors (Lipinski definition) is 2. The van der Waals surface area contributed by atoms with Crippen LogP contribution in [0.4, 0.5) is 5.69 Å². The van der Waals surface area contributed by atoms with Crippen molar-refractivity contribution in [3.63, 3.8) is 0 Å². The van der Waals surface area contributed by atoms with Crippen LogP contribution in [0.5, 0.6) is 11.5 Å². The summed E-state index contributed by atoms with van der Waals surface area (Å²) in [5, 5.41) is 3.22. The summed E-state index contributed by atoms with van der Waals surface area (Å²) in [6, 6.07) is 14.9. The van der Waals surface area contributed by atoms with Crippen LogP contribution >= 0.6 is 23.2 Å². The van der Waals surface area contributed by atoms with Crippen LogP contribution in [0.2, 0.25) is 10.0 Å². The molecule has 36 heavy (non-hydrogen) atoms. The lowest BCUT2D eigenvalue weighted by Crippen LogP contribution is -2.33. The topological polar surface area (TPSA) is 81.7 Å². The van der Waals surface area contributed by atoms with Crippen molar-refractivity contribution in [2.24, 2.45) is 0 Å². The van der Waals surface area contributed by atoms with E-state index in [0.717, 1.165) is 24.1 Å². The zero-order valence-electron chi connectivity index (χ0n) is 20.0. The van der Waals surface area contributed by atoms with Crippen LogP contribution in [0, 0.1) is 0 Å². The summed E-state index contributed by atoms with van der Waals surface area (Å²) in [4.78, 5) is 22.7. The lowest BCUT2D eigenvalue weighted by molar-refractivity contribution is -0.0476. The number of nitrogens with one attached hydrogen (secondary N) is 2. The van der Waals surface area contributed by atoms with Crippen molar-refractivity contribution < 1.29 is 19.1 Å². The van der Waals surface area contributed by atoms with E-state index >= 15 is 0 Å². The van der Waals surface area contributed by atoms with Crippen molar-refractivity contribution in [2.75, 3.05) is 18.5 Å². The first-order valence-electron chi connectivity index (χ1n) is 11.6. The Bertz CT molecular complexity index is 1230. The molecule has 0 fully saturated rings. The molecule has 0 saturated carbocycles. The molecule has 1 aliphatic rings. The average molecular weight is 528 g/mol. The maximum absolute atomic E-state index is 13.0. The number of amides is 1. The number of benzene rings is 2. The van der Waals surface area contributed by atoms with Gasteiger partial charge in [-0.25, -0.2) is 0 Å². The number of carbonyl (C=O) groups is 1. The van der Waals surface area contributed by atoms with Gasteiger partial charge in [0, 0.05) is 18.0 Å². The SMILES string of the molecule is CCCCOc1ccc(C(=O)Nc2c(Cl)cncc2Cl)cc1OCC1(C)C=C(c2ccccc2)NO1. The smallest absolute Gasteiger partial charge is 0.255 e. The molecular formula is C27H27Cl2N3O4. The Hall–Kier alpha value is -3.26. The van der Waals surface area contributed by atoms with Crippen molar-refractivity contribution in [3.8, 4) is 11.5 Å². The Kier molecular flexibility index (Phi) is 8.36. The minimum absolute atomic E-state index is 0.188. The summed E-state index contributed by atoms with van der Waals surface area (Å²) in [7, 11) is 0. The predicted molar refractivity (Wildman–Crippen MR) is 142 cm³/mol. The van der Waals surface area contributed by atoms with Gasteiger partial charge in [-0.3, -0.25) is 20.1 Å². The molecule has 2 heterocycles. The second-order valence-corrected chi connectivity index (χ2v) is 9.34. The first-order chi connectivity index (χ1) is 17.4. The Labute approximate surface area is 220 Å². The van der Waals surface area contributed by atoms with Gasteiger partial charge in [0.15, 0.2) is 11.5 Å². The highest BCUT2D eigenvalue weighted by atomic mass is 35.5. The van der Waals surface area contributed by atoms with Gasteiger partial charge in [0.2, 0.25) is 0 Å². The van der Waals surface area contributed by atoms with Gasteiger partial charge in [0.1, 0.15) is 12.2 Å². The number of unbranched alkanes of at least 4 members (excludes halogenated alkanes) is 1. The number of carbonyl (C=O) groups excluding carboxylic acids is 1. The molecule has 9 heteroatoms. The maximum Gasteiger partial charge on any atom is 0.255 e. The van der Waals surface area contributed by atoms with Gasteiger partial charge in [0.25, 0.3) is 5.91 Å². The molecule has 188 valence electrons. The van der Waals surface area contributed by atoms with Crippen LogP contribution in [0.15, 0.2) is 67.0 Å². The van der Waals surface area contributed by atoms with Gasteiger partial charge >= 0.3 is 0 Å². The fourth-order valence-corrected chi connectivity index (χ4v) is 3.97. The van der Waals surface area contributed by atoms with E-state index in [9.17, 15) is 4.79 Å². The average Bonchev–Trinajstić information content (AvgIpc) is 3.28. The predicted octanol–water partition coefficient (Wildman–Crippen LogP) is 6.53. The molecule has 2 N–H and O–H groups in total. The summed E-state index contributed by atoms with van der Waals surface area (Å²) < 4.78 is 12.1. The van der Waals surface area contributed by atoms with E-state index in [0.29, 0.717) is 29.4 Å². The quantitative estimate of drug-likeness (QED) is 0.291. The van der Waals surface area contributed by atoms with Gasteiger partial charge in [-0.1, -0.05) is 66.9 Å². The van der Waals surface area contributed by atoms with E-state index in [4.69, 9.17) is 37.5 Å². The van der Waals surface area contributed by atoms with E-state index in [1.807, 2.05) is 43.3 Å². The van der Waals surface area contributed by atoms with Gasteiger partial charge in [-0.05, 0) is 43.2 Å². The van der Waals surface area contributed by atoms with Crippen LogP contribution in [-0.4, -0.2) is 29.7 Å². The highest BCUT2D eigenvalue weighted by Gasteiger charge is 2.32. The third-order valence-corrected chi connectivity index (χ3v) is 6.07. The molecule has 4 rings (SSSR count). The fourth-order valence-electron chi connectivity index (χ4n) is 3.51. The summed E-state index contributed by atoms with van der Waals surface area (Å²) in [5.41, 5.74) is 4.76. The second-order valence-electron chi connectivity index (χ2n) is 8.53. The second kappa shape index (κ2) is 11.6. The lowest BCUT2D eigenvalue weighted by atomic mass is 10.0. The Morgan fingerprint density at radius 3 is 2.56 bits per heavy atom. The molecule has 2 aromatic carbocycles. The van der Waals surface area contributed by atoms with Crippen LogP contribution < -0.4 is 20.3 Å². The van der Waals surface area contributed by atoms with Crippen LogP contribution in [-0.2, 0) is 4.84 Å². The number of ether oxygens (including phenoxy) is 2. The molecule has 3 aromatic rings. The molecule has 0 aliphatic carbocycles. The molecule has 0 saturated heterocycles. The molecular weight excluding hydrogens is 501 g/mol. The molecule has 1 aliphatic heterocycles. The molecule has 1 aromatic heterocycles. The van der Waals surface area contributed by atoms with Gasteiger partial charge < -0.3 is 14.8 Å². The van der Waals surface area contributed by atoms with Crippen molar-refractivity contribution in [1.29, 1.82) is 0 Å². The zero-order chi connectivity index (χ0) is 25.5. The Morgan fingerprint density at radius 2 is 1.83 bits per heavy atom. The molecule has 1 amide bonds. The maximum atomic E-state index is 13.0.